The first kappa shape index (κ1) is 22.7. The van der Waals surface area contributed by atoms with Gasteiger partial charge in [0.1, 0.15) is 0 Å². The number of carbonyl (C=O) groups excluding carboxylic acids is 2. The molecular weight excluding hydrogens is 179 g/mol. The number of carbonyl (C=O) groups is 2. The molecule has 0 N–H and O–H groups in total. The second-order valence-electron chi connectivity index (χ2n) is 0.983. The van der Waals surface area contributed by atoms with Gasteiger partial charge in [-0.3, -0.25) is 0 Å². The van der Waals surface area contributed by atoms with Gasteiger partial charge < -0.3 is 19.8 Å². The second kappa shape index (κ2) is 15.8. The van der Waals surface area contributed by atoms with E-state index in [1.54, 1.807) is 0 Å². The van der Waals surface area contributed by atoms with Crippen LogP contribution in [-0.4, -0.2) is 11.9 Å². The minimum absolute atomic E-state index is 0. The van der Waals surface area contributed by atoms with Gasteiger partial charge in [0, 0.05) is 19.4 Å². The quantitative estimate of drug-likeness (QED) is 0.393. The average Bonchev–Trinajstić information content (AvgIpc) is 1.25. The largest absolute Gasteiger partial charge is 2.00 e. The number of carboxylic acids is 2. The van der Waals surface area contributed by atoms with Gasteiger partial charge in [0.05, 0.1) is 0 Å². The molecule has 0 rings (SSSR count). The van der Waals surface area contributed by atoms with Gasteiger partial charge in [0.2, 0.25) is 0 Å². The Morgan fingerprint density at radius 2 is 1.00 bits per heavy atom. The van der Waals surface area contributed by atoms with Crippen LogP contribution >= 0.6 is 0 Å². The van der Waals surface area contributed by atoms with E-state index in [1.165, 1.54) is 0 Å². The third kappa shape index (κ3) is 1070. The fourth-order valence-corrected chi connectivity index (χ4v) is 0. The van der Waals surface area contributed by atoms with Crippen LogP contribution in [0.5, 0.6) is 0 Å². The van der Waals surface area contributed by atoms with E-state index in [9.17, 15) is 0 Å². The molecule has 57 valence electrons. The minimum atomic E-state index is -1.08. The number of carboxylic acid groups (broad SMARTS) is 2. The van der Waals surface area contributed by atoms with Gasteiger partial charge in [-0.25, -0.2) is 0 Å². The van der Waals surface area contributed by atoms with Crippen LogP contribution in [-0.2, 0) is 26.7 Å². The maximum atomic E-state index is 8.89. The van der Waals surface area contributed by atoms with Crippen LogP contribution in [0.15, 0.2) is 0 Å². The fourth-order valence-electron chi connectivity index (χ4n) is 0. The van der Waals surface area contributed by atoms with Gasteiger partial charge in [-0.2, -0.15) is 0 Å². The molecule has 0 saturated heterocycles. The molecule has 0 aromatic rings. The van der Waals surface area contributed by atoms with Crippen molar-refractivity contribution >= 4 is 11.9 Å². The van der Waals surface area contributed by atoms with Gasteiger partial charge in [0.15, 0.2) is 0 Å². The van der Waals surface area contributed by atoms with E-state index >= 15 is 0 Å². The predicted octanol–water partition coefficient (Wildman–Crippen LogP) is -2.41. The van der Waals surface area contributed by atoms with Crippen LogP contribution in [0.4, 0.5) is 0 Å². The molecule has 0 bridgehead atoms. The van der Waals surface area contributed by atoms with Crippen molar-refractivity contribution in [1.82, 2.24) is 0 Å². The molecular formula is C5H6MnO4. The van der Waals surface area contributed by atoms with Crippen molar-refractivity contribution in [3.8, 4) is 0 Å². The SMILES string of the molecule is CC(=O)[O-].CC(=O)[O-].[C].[Mn+2]. The minimum Gasteiger partial charge on any atom is -0.550 e. The third-order valence-electron chi connectivity index (χ3n) is 0. The van der Waals surface area contributed by atoms with E-state index in [1.807, 2.05) is 0 Å². The predicted molar refractivity (Wildman–Crippen MR) is 24.6 cm³/mol. The Balaban J connectivity index is -0.0000000300. The smallest absolute Gasteiger partial charge is 0.550 e. The van der Waals surface area contributed by atoms with Gasteiger partial charge in [-0.15, -0.1) is 0 Å². The molecule has 10 heavy (non-hydrogen) atoms. The molecule has 0 aliphatic heterocycles. The molecule has 0 aliphatic carbocycles. The molecule has 5 radical (unpaired) electrons. The van der Waals surface area contributed by atoms with Gasteiger partial charge in [-0.1, -0.05) is 0 Å². The summed E-state index contributed by atoms with van der Waals surface area (Å²) in [7, 11) is 0. The van der Waals surface area contributed by atoms with E-state index in [4.69, 9.17) is 19.8 Å². The molecule has 0 aromatic carbocycles. The van der Waals surface area contributed by atoms with Gasteiger partial charge in [-0.05, 0) is 13.8 Å². The maximum absolute atomic E-state index is 8.89. The van der Waals surface area contributed by atoms with Crippen molar-refractivity contribution in [3.05, 3.63) is 7.43 Å². The number of hydrogen-bond acceptors (Lipinski definition) is 4. The third-order valence-corrected chi connectivity index (χ3v) is 0. The van der Waals surface area contributed by atoms with Crippen molar-refractivity contribution < 1.29 is 36.9 Å². The molecule has 0 aliphatic rings. The average molecular weight is 185 g/mol. The summed E-state index contributed by atoms with van der Waals surface area (Å²) in [6.45, 7) is 1.94. The van der Waals surface area contributed by atoms with Gasteiger partial charge >= 0.3 is 17.1 Å². The molecule has 0 unspecified atom stereocenters. The Bertz CT molecular complexity index is 71.6. The Morgan fingerprint density at radius 1 is 1.00 bits per heavy atom. The van der Waals surface area contributed by atoms with E-state index in [-0.39, 0.29) is 24.5 Å². The van der Waals surface area contributed by atoms with Crippen molar-refractivity contribution in [1.29, 1.82) is 0 Å². The van der Waals surface area contributed by atoms with Gasteiger partial charge in [0.25, 0.3) is 0 Å². The summed E-state index contributed by atoms with van der Waals surface area (Å²) in [6.07, 6.45) is 0. The Kier molecular flexibility index (Phi) is 35.9. The normalized spacial score (nSPS) is 5.00. The first-order chi connectivity index (χ1) is 3.46. The Hall–Kier alpha value is -0.541. The molecule has 0 atom stereocenters. The summed E-state index contributed by atoms with van der Waals surface area (Å²) >= 11 is 0. The van der Waals surface area contributed by atoms with Crippen molar-refractivity contribution in [2.24, 2.45) is 0 Å². The van der Waals surface area contributed by atoms with Crippen LogP contribution in [0.25, 0.3) is 0 Å². The summed E-state index contributed by atoms with van der Waals surface area (Å²) in [5, 5.41) is 17.8. The van der Waals surface area contributed by atoms with Crippen LogP contribution in [0.3, 0.4) is 0 Å². The molecule has 0 heterocycles. The summed E-state index contributed by atoms with van der Waals surface area (Å²) in [5.74, 6) is -2.17. The summed E-state index contributed by atoms with van der Waals surface area (Å²) in [4.78, 5) is 17.8. The second-order valence-corrected chi connectivity index (χ2v) is 0.983. The van der Waals surface area contributed by atoms with Crippen LogP contribution < -0.4 is 10.2 Å². The summed E-state index contributed by atoms with van der Waals surface area (Å²) in [5.41, 5.74) is 0. The summed E-state index contributed by atoms with van der Waals surface area (Å²) in [6, 6.07) is 0. The van der Waals surface area contributed by atoms with E-state index in [0.29, 0.717) is 0 Å². The first-order valence-electron chi connectivity index (χ1n) is 1.82. The topological polar surface area (TPSA) is 80.3 Å². The zero-order valence-electron chi connectivity index (χ0n) is 5.51. The standard InChI is InChI=1S/2C2H4O2.C.Mn/c2*1-2(3)4;;/h2*1H3,(H,3,4);;/q;;;+2/p-2. The molecule has 0 saturated carbocycles. The van der Waals surface area contributed by atoms with E-state index in [2.05, 4.69) is 0 Å². The molecule has 0 spiro atoms. The van der Waals surface area contributed by atoms with Crippen LogP contribution in [0.1, 0.15) is 13.8 Å². The molecule has 5 heteroatoms. The zero-order chi connectivity index (χ0) is 7.15. The Labute approximate surface area is 70.7 Å². The fraction of sp³-hybridized carbons (Fsp3) is 0.400. The van der Waals surface area contributed by atoms with Crippen molar-refractivity contribution in [2.45, 2.75) is 13.8 Å². The Morgan fingerprint density at radius 3 is 1.00 bits per heavy atom. The van der Waals surface area contributed by atoms with Crippen LogP contribution in [0.2, 0.25) is 0 Å². The van der Waals surface area contributed by atoms with E-state index < -0.39 is 11.9 Å². The molecule has 4 nitrogen and oxygen atoms in total. The molecule has 0 aromatic heterocycles. The van der Waals surface area contributed by atoms with Crippen molar-refractivity contribution in [2.75, 3.05) is 0 Å². The van der Waals surface area contributed by atoms with E-state index in [0.717, 1.165) is 13.8 Å². The molecule has 0 fully saturated rings. The van der Waals surface area contributed by atoms with Crippen molar-refractivity contribution in [3.63, 3.8) is 0 Å². The van der Waals surface area contributed by atoms with Crippen LogP contribution in [0, 0.1) is 7.43 Å². The molecule has 0 amide bonds. The monoisotopic (exact) mass is 185 g/mol. The first-order valence-corrected chi connectivity index (χ1v) is 1.82. The number of aliphatic carboxylic acids is 2. The summed E-state index contributed by atoms with van der Waals surface area (Å²) < 4.78 is 0. The maximum Gasteiger partial charge on any atom is 2.00 e. The number of hydrogen-bond donors (Lipinski definition) is 0. The number of rotatable bonds is 0. The zero-order valence-corrected chi connectivity index (χ0v) is 6.69.